The van der Waals surface area contributed by atoms with Gasteiger partial charge in [0, 0.05) is 0 Å². The van der Waals surface area contributed by atoms with Crippen molar-refractivity contribution in [2.45, 2.75) is 0 Å². The summed E-state index contributed by atoms with van der Waals surface area (Å²) in [6.07, 6.45) is 0. The second-order valence-corrected chi connectivity index (χ2v) is 0. The van der Waals surface area contributed by atoms with E-state index in [-0.39, 0.29) is 50.5 Å². The molecule has 0 atom stereocenters. The molecule has 0 aromatic heterocycles. The maximum absolute atomic E-state index is 0. The van der Waals surface area contributed by atoms with Crippen molar-refractivity contribution in [2.24, 2.45) is 0 Å². The molecule has 4 N–H and O–H groups in total. The predicted octanol–water partition coefficient (Wildman–Crippen LogP) is -5.47. The van der Waals surface area contributed by atoms with Crippen LogP contribution >= 0.6 is 0 Å². The van der Waals surface area contributed by atoms with Crippen molar-refractivity contribution in [2.75, 3.05) is 0 Å². The quantitative estimate of drug-likeness (QED) is 0.330. The molecular weight excluding hydrogens is 161 g/mol. The molecule has 0 fully saturated rings. The molecule has 0 heterocycles. The van der Waals surface area contributed by atoms with Gasteiger partial charge in [0.15, 0.2) is 0 Å². The Morgan fingerprint density at radius 2 is 0.800 bits per heavy atom. The molecule has 2 nitrogen and oxygen atoms in total. The molecule has 0 bridgehead atoms. The van der Waals surface area contributed by atoms with Crippen LogP contribution in [-0.4, -0.2) is 50.5 Å². The molecule has 0 spiro atoms. The van der Waals surface area contributed by atoms with E-state index in [1.54, 1.807) is 0 Å². The molecule has 38 valence electrons. The molecule has 0 aliphatic carbocycles. The van der Waals surface area contributed by atoms with Crippen LogP contribution in [0, 0.1) is 0 Å². The molecule has 0 aromatic carbocycles. The summed E-state index contributed by atoms with van der Waals surface area (Å²) in [4.78, 5) is 0. The molecule has 5 heavy (non-hydrogen) atoms. The van der Waals surface area contributed by atoms with Gasteiger partial charge in [0.2, 0.25) is 0 Å². The Morgan fingerprint density at radius 3 is 0.800 bits per heavy atom. The van der Waals surface area contributed by atoms with Gasteiger partial charge in [-0.25, -0.2) is 0 Å². The molecule has 5 heteroatoms. The van der Waals surface area contributed by atoms with E-state index in [1.165, 1.54) is 0 Å². The van der Waals surface area contributed by atoms with Gasteiger partial charge < -0.3 is 11.0 Å². The van der Waals surface area contributed by atoms with Crippen molar-refractivity contribution < 1.29 is 11.0 Å². The van der Waals surface area contributed by atoms with Crippen molar-refractivity contribution in [3.8, 4) is 0 Å². The summed E-state index contributed by atoms with van der Waals surface area (Å²) >= 11 is 0. The zero-order chi connectivity index (χ0) is 0. The Hall–Kier alpha value is 0.897. The van der Waals surface area contributed by atoms with Crippen LogP contribution in [0.5, 0.6) is 0 Å². The Kier molecular flexibility index (Phi) is 3250. The van der Waals surface area contributed by atoms with Gasteiger partial charge in [-0.15, -0.1) is 0 Å². The van der Waals surface area contributed by atoms with Crippen molar-refractivity contribution in [1.29, 1.82) is 0 Å². The van der Waals surface area contributed by atoms with E-state index in [1.807, 2.05) is 0 Å². The summed E-state index contributed by atoms with van der Waals surface area (Å²) in [6.45, 7) is 0. The van der Waals surface area contributed by atoms with Crippen LogP contribution in [0.3, 0.4) is 0 Å². The van der Waals surface area contributed by atoms with Gasteiger partial charge in [-0.3, -0.25) is 0 Å². The van der Waals surface area contributed by atoms with Crippen LogP contribution < -0.4 is 0 Å². The van der Waals surface area contributed by atoms with Gasteiger partial charge in [0.05, 0.1) is 0 Å². The Balaban J connectivity index is 0. The zero-order valence-corrected chi connectivity index (χ0v) is 9.20. The van der Waals surface area contributed by atoms with Crippen LogP contribution in [0.4, 0.5) is 0 Å². The third-order valence-electron chi connectivity index (χ3n) is 0. The van der Waals surface area contributed by atoms with E-state index < -0.39 is 0 Å². The van der Waals surface area contributed by atoms with E-state index in [0.29, 0.717) is 0 Å². The number of hydrogen-bond acceptors (Lipinski definition) is 0. The van der Waals surface area contributed by atoms with E-state index in [9.17, 15) is 0 Å². The van der Waals surface area contributed by atoms with Gasteiger partial charge in [-0.2, -0.15) is 0 Å². The van der Waals surface area contributed by atoms with Crippen LogP contribution in [-0.2, 0) is 0 Å². The predicted molar refractivity (Wildman–Crippen MR) is 38.4 cm³/mol. The second kappa shape index (κ2) is 92.5. The van der Waals surface area contributed by atoms with Gasteiger partial charge in [-0.1, -0.05) is 0 Å². The Morgan fingerprint density at radius 1 is 0.800 bits per heavy atom. The molecule has 2 radical (unpaired) electrons. The van der Waals surface area contributed by atoms with E-state index in [4.69, 9.17) is 0 Å². The fourth-order valence-electron chi connectivity index (χ4n) is 0. The molecule has 0 rings (SSSR count). The summed E-state index contributed by atoms with van der Waals surface area (Å²) in [5, 5.41) is 0. The standard InChI is InChI=1S/GeH3.2H2O.H4Si.H3Si/h1H3;2*1H2;1H4;1H3. The first-order valence-corrected chi connectivity index (χ1v) is 0. The van der Waals surface area contributed by atoms with Crippen molar-refractivity contribution >= 4 is 39.5 Å². The maximum Gasteiger partial charge on any atom is -0.0125 e. The van der Waals surface area contributed by atoms with E-state index in [2.05, 4.69) is 0 Å². The minimum absolute atomic E-state index is 0. The van der Waals surface area contributed by atoms with E-state index in [0.717, 1.165) is 0 Å². The van der Waals surface area contributed by atoms with Crippen molar-refractivity contribution in [3.05, 3.63) is 0 Å². The van der Waals surface area contributed by atoms with Crippen molar-refractivity contribution in [1.82, 2.24) is 0 Å². The largest absolute Gasteiger partial charge is 0.0149 e. The van der Waals surface area contributed by atoms with Crippen LogP contribution in [0.15, 0.2) is 0 Å². The fourth-order valence-corrected chi connectivity index (χ4v) is 0. The molecule has 0 unspecified atom stereocenters. The van der Waals surface area contributed by atoms with Crippen LogP contribution in [0.25, 0.3) is 0 Å². The molecular formula is H14GeO2Si2. The van der Waals surface area contributed by atoms with E-state index >= 15 is 0 Å². The Labute approximate surface area is 51.0 Å². The number of hydrogen-bond donors (Lipinski definition) is 0. The first kappa shape index (κ1) is 176. The topological polar surface area (TPSA) is 63.0 Å². The minimum atomic E-state index is 0. The molecule has 0 amide bonds. The first-order chi connectivity index (χ1) is 0. The molecule has 0 saturated carbocycles. The first-order valence-electron chi connectivity index (χ1n) is 0. The zero-order valence-electron chi connectivity index (χ0n) is 3.00. The SMILES string of the molecule is O.O.[GeH3].[SiH3].[SiH4]. The summed E-state index contributed by atoms with van der Waals surface area (Å²) in [7, 11) is 0. The van der Waals surface area contributed by atoms with Crippen LogP contribution in [0.2, 0.25) is 0 Å². The Bertz CT molecular complexity index is 7.61. The maximum atomic E-state index is 0. The minimum Gasteiger partial charge on any atom is -0.0149 e. The third-order valence-corrected chi connectivity index (χ3v) is 0. The number of rotatable bonds is 0. The molecule has 0 saturated heterocycles. The smallest absolute Gasteiger partial charge is 0.0125 e. The van der Waals surface area contributed by atoms with Crippen LogP contribution in [0.1, 0.15) is 0 Å². The normalized spacial score (nSPS) is 0. The average Bonchev–Trinajstić information content (AvgIpc) is 0. The third kappa shape index (κ3) is 51.1. The van der Waals surface area contributed by atoms with Gasteiger partial charge in [0.1, 0.15) is 0 Å². The second-order valence-electron chi connectivity index (χ2n) is 0. The van der Waals surface area contributed by atoms with Gasteiger partial charge in [-0.05, 0) is 21.9 Å². The van der Waals surface area contributed by atoms with Crippen molar-refractivity contribution in [3.63, 3.8) is 0 Å². The summed E-state index contributed by atoms with van der Waals surface area (Å²) in [6, 6.07) is 0. The summed E-state index contributed by atoms with van der Waals surface area (Å²) in [5.41, 5.74) is 0. The summed E-state index contributed by atoms with van der Waals surface area (Å²) < 4.78 is 0. The molecule has 0 aromatic rings. The monoisotopic (exact) mass is 176 g/mol. The molecule has 0 aliphatic heterocycles. The fraction of sp³-hybridized carbons (Fsp3) is 0. The molecule has 0 aliphatic rings. The van der Waals surface area contributed by atoms with Gasteiger partial charge in [0.25, 0.3) is 0 Å². The van der Waals surface area contributed by atoms with Gasteiger partial charge >= 0.3 is 17.6 Å². The average molecular weight is 175 g/mol. The summed E-state index contributed by atoms with van der Waals surface area (Å²) in [5.74, 6) is 0.